The molecule has 0 unspecified atom stereocenters. The van der Waals surface area contributed by atoms with E-state index in [1.165, 1.54) is 18.2 Å². The number of aromatic nitrogens is 1. The second kappa shape index (κ2) is 5.05. The molecule has 100 valence electrons. The molecule has 1 aromatic heterocycles. The summed E-state index contributed by atoms with van der Waals surface area (Å²) >= 11 is 5.65. The van der Waals surface area contributed by atoms with E-state index in [-0.39, 0.29) is 16.8 Å². The van der Waals surface area contributed by atoms with Gasteiger partial charge in [-0.25, -0.2) is 9.18 Å². The van der Waals surface area contributed by atoms with Crippen molar-refractivity contribution < 1.29 is 14.3 Å². The lowest BCUT2D eigenvalue weighted by atomic mass is 10.1. The van der Waals surface area contributed by atoms with Crippen LogP contribution < -0.4 is 0 Å². The van der Waals surface area contributed by atoms with Crippen LogP contribution in [0.15, 0.2) is 30.3 Å². The van der Waals surface area contributed by atoms with Gasteiger partial charge in [-0.15, -0.1) is 0 Å². The number of carbonyl (C=O) groups is 1. The van der Waals surface area contributed by atoms with Crippen LogP contribution in [0.4, 0.5) is 4.39 Å². The minimum atomic E-state index is -1.01. The first-order chi connectivity index (χ1) is 8.91. The van der Waals surface area contributed by atoms with Gasteiger partial charge >= 0.3 is 5.97 Å². The van der Waals surface area contributed by atoms with E-state index in [2.05, 4.69) is 0 Å². The summed E-state index contributed by atoms with van der Waals surface area (Å²) < 4.78 is 15.2. The number of halogens is 2. The van der Waals surface area contributed by atoms with Crippen molar-refractivity contribution in [2.45, 2.75) is 19.9 Å². The van der Waals surface area contributed by atoms with Gasteiger partial charge in [0.05, 0.1) is 5.02 Å². The third-order valence-electron chi connectivity index (χ3n) is 2.87. The normalized spacial score (nSPS) is 11.0. The summed E-state index contributed by atoms with van der Waals surface area (Å²) in [4.78, 5) is 11.2. The van der Waals surface area contributed by atoms with Gasteiger partial charge in [-0.3, -0.25) is 0 Å². The Morgan fingerprint density at radius 3 is 2.53 bits per heavy atom. The Morgan fingerprint density at radius 2 is 2.00 bits per heavy atom. The monoisotopic (exact) mass is 281 g/mol. The first-order valence-electron chi connectivity index (χ1n) is 5.81. The first kappa shape index (κ1) is 13.6. The fraction of sp³-hybridized carbons (Fsp3) is 0.214. The molecule has 2 rings (SSSR count). The molecule has 0 radical (unpaired) electrons. The molecule has 1 aromatic carbocycles. The van der Waals surface area contributed by atoms with Crippen LogP contribution in [0.25, 0.3) is 11.3 Å². The molecular weight excluding hydrogens is 269 g/mol. The molecule has 0 aliphatic heterocycles. The zero-order chi connectivity index (χ0) is 14.2. The van der Waals surface area contributed by atoms with E-state index in [1.807, 2.05) is 13.8 Å². The lowest BCUT2D eigenvalue weighted by Gasteiger charge is -2.15. The number of aromatic carboxylic acids is 1. The summed E-state index contributed by atoms with van der Waals surface area (Å²) in [6.45, 7) is 3.75. The van der Waals surface area contributed by atoms with E-state index in [4.69, 9.17) is 16.7 Å². The maximum Gasteiger partial charge on any atom is 0.352 e. The van der Waals surface area contributed by atoms with Crippen molar-refractivity contribution in [2.24, 2.45) is 0 Å². The first-order valence-corrected chi connectivity index (χ1v) is 6.19. The second-order valence-electron chi connectivity index (χ2n) is 4.50. The fourth-order valence-corrected chi connectivity index (χ4v) is 2.19. The van der Waals surface area contributed by atoms with E-state index in [0.29, 0.717) is 11.3 Å². The van der Waals surface area contributed by atoms with Crippen LogP contribution in [0.3, 0.4) is 0 Å². The second-order valence-corrected chi connectivity index (χ2v) is 4.91. The number of carboxylic acids is 1. The molecule has 1 heterocycles. The molecule has 2 aromatic rings. The highest BCUT2D eigenvalue weighted by atomic mass is 35.5. The third-order valence-corrected chi connectivity index (χ3v) is 3.18. The molecule has 0 saturated heterocycles. The van der Waals surface area contributed by atoms with Crippen LogP contribution in [0.5, 0.6) is 0 Å². The van der Waals surface area contributed by atoms with Crippen LogP contribution >= 0.6 is 11.6 Å². The fourth-order valence-electron chi connectivity index (χ4n) is 2.07. The Labute approximate surface area is 115 Å². The zero-order valence-corrected chi connectivity index (χ0v) is 11.3. The van der Waals surface area contributed by atoms with E-state index in [1.54, 1.807) is 16.7 Å². The van der Waals surface area contributed by atoms with Crippen LogP contribution in [-0.2, 0) is 0 Å². The predicted molar refractivity (Wildman–Crippen MR) is 72.2 cm³/mol. The molecular formula is C14H13ClFNO2. The van der Waals surface area contributed by atoms with Gasteiger partial charge in [-0.1, -0.05) is 17.7 Å². The summed E-state index contributed by atoms with van der Waals surface area (Å²) in [6, 6.07) is 7.59. The van der Waals surface area contributed by atoms with Crippen molar-refractivity contribution in [3.63, 3.8) is 0 Å². The molecule has 0 bridgehead atoms. The van der Waals surface area contributed by atoms with Gasteiger partial charge in [0, 0.05) is 17.3 Å². The van der Waals surface area contributed by atoms with E-state index in [9.17, 15) is 9.18 Å². The molecule has 0 atom stereocenters. The van der Waals surface area contributed by atoms with E-state index in [0.717, 1.165) is 0 Å². The van der Waals surface area contributed by atoms with Gasteiger partial charge in [0.2, 0.25) is 0 Å². The van der Waals surface area contributed by atoms with E-state index < -0.39 is 11.8 Å². The standard InChI is InChI=1S/C14H13ClFNO2/c1-8(2)17-12(5-6-13(17)14(18)19)9-3-4-10(15)11(16)7-9/h3-8H,1-2H3,(H,18,19). The van der Waals surface area contributed by atoms with Gasteiger partial charge in [0.1, 0.15) is 11.5 Å². The topological polar surface area (TPSA) is 42.2 Å². The number of rotatable bonds is 3. The largest absolute Gasteiger partial charge is 0.477 e. The molecule has 0 aliphatic rings. The number of hydrogen-bond acceptors (Lipinski definition) is 1. The van der Waals surface area contributed by atoms with Gasteiger partial charge < -0.3 is 9.67 Å². The Bertz CT molecular complexity index is 634. The maximum atomic E-state index is 13.5. The molecule has 0 saturated carbocycles. The Hall–Kier alpha value is -1.81. The average molecular weight is 282 g/mol. The quantitative estimate of drug-likeness (QED) is 0.915. The number of nitrogens with zero attached hydrogens (tertiary/aromatic N) is 1. The van der Waals surface area contributed by atoms with Gasteiger partial charge in [-0.05, 0) is 38.1 Å². The van der Waals surface area contributed by atoms with Crippen molar-refractivity contribution in [3.05, 3.63) is 46.9 Å². The summed E-state index contributed by atoms with van der Waals surface area (Å²) in [5, 5.41) is 9.20. The Balaban J connectivity index is 2.62. The summed E-state index contributed by atoms with van der Waals surface area (Å²) in [5.41, 5.74) is 1.44. The number of carboxylic acid groups (broad SMARTS) is 1. The SMILES string of the molecule is CC(C)n1c(C(=O)O)ccc1-c1ccc(Cl)c(F)c1. The van der Waals surface area contributed by atoms with Crippen LogP contribution in [0.2, 0.25) is 5.02 Å². The molecule has 0 amide bonds. The van der Waals surface area contributed by atoms with E-state index >= 15 is 0 Å². The van der Waals surface area contributed by atoms with Crippen LogP contribution in [-0.4, -0.2) is 15.6 Å². The van der Waals surface area contributed by atoms with Crippen LogP contribution in [0.1, 0.15) is 30.4 Å². The molecule has 0 spiro atoms. The summed E-state index contributed by atoms with van der Waals surface area (Å²) in [7, 11) is 0. The molecule has 19 heavy (non-hydrogen) atoms. The highest BCUT2D eigenvalue weighted by molar-refractivity contribution is 6.30. The predicted octanol–water partition coefficient (Wildman–Crippen LogP) is 4.23. The lowest BCUT2D eigenvalue weighted by molar-refractivity contribution is 0.0683. The van der Waals surface area contributed by atoms with Crippen molar-refractivity contribution >= 4 is 17.6 Å². The third kappa shape index (κ3) is 2.49. The Kier molecular flexibility index (Phi) is 3.62. The molecule has 3 nitrogen and oxygen atoms in total. The summed E-state index contributed by atoms with van der Waals surface area (Å²) in [6.07, 6.45) is 0. The lowest BCUT2D eigenvalue weighted by Crippen LogP contribution is -2.11. The van der Waals surface area contributed by atoms with Gasteiger partial charge in [0.15, 0.2) is 0 Å². The average Bonchev–Trinajstić information content (AvgIpc) is 2.77. The number of benzene rings is 1. The van der Waals surface area contributed by atoms with Crippen molar-refractivity contribution in [1.29, 1.82) is 0 Å². The minimum absolute atomic E-state index is 0.0462. The molecule has 0 aliphatic carbocycles. The smallest absolute Gasteiger partial charge is 0.352 e. The highest BCUT2D eigenvalue weighted by Crippen LogP contribution is 2.29. The highest BCUT2D eigenvalue weighted by Gasteiger charge is 2.17. The van der Waals surface area contributed by atoms with Crippen molar-refractivity contribution in [1.82, 2.24) is 4.57 Å². The molecule has 0 fully saturated rings. The molecule has 5 heteroatoms. The van der Waals surface area contributed by atoms with Gasteiger partial charge in [0.25, 0.3) is 0 Å². The van der Waals surface area contributed by atoms with Crippen molar-refractivity contribution in [2.75, 3.05) is 0 Å². The summed E-state index contributed by atoms with van der Waals surface area (Å²) in [5.74, 6) is -1.53. The maximum absolute atomic E-state index is 13.5. The Morgan fingerprint density at radius 1 is 1.32 bits per heavy atom. The van der Waals surface area contributed by atoms with Crippen molar-refractivity contribution in [3.8, 4) is 11.3 Å². The molecule has 1 N–H and O–H groups in total. The van der Waals surface area contributed by atoms with Gasteiger partial charge in [-0.2, -0.15) is 0 Å². The number of hydrogen-bond donors (Lipinski definition) is 1. The zero-order valence-electron chi connectivity index (χ0n) is 10.5. The minimum Gasteiger partial charge on any atom is -0.477 e. The van der Waals surface area contributed by atoms with Crippen LogP contribution in [0, 0.1) is 5.82 Å².